The number of nitrogens with one attached hydrogen (secondary N) is 1. The maximum Gasteiger partial charge on any atom is 0.336 e. The van der Waals surface area contributed by atoms with E-state index in [-0.39, 0.29) is 11.9 Å². The van der Waals surface area contributed by atoms with Gasteiger partial charge in [0.05, 0.1) is 17.8 Å². The summed E-state index contributed by atoms with van der Waals surface area (Å²) in [5.41, 5.74) is 3.18. The van der Waals surface area contributed by atoms with Gasteiger partial charge < -0.3 is 10.4 Å². The third-order valence-corrected chi connectivity index (χ3v) is 4.73. The standard InChI is InChI=1S/C20H23N3O3/c1-14(24)22-12-17-11-15(8-9-21-17)19-7-4-10-23(19)13-16-5-2-3-6-18(16)20(25)26/h2-3,5-6,8-9,11,19H,4,7,10,12-13H2,1H3,(H,22,24)(H,25,26). The number of benzene rings is 1. The molecule has 1 aromatic heterocycles. The van der Waals surface area contributed by atoms with Crippen LogP contribution in [0.2, 0.25) is 0 Å². The highest BCUT2D eigenvalue weighted by molar-refractivity contribution is 5.89. The van der Waals surface area contributed by atoms with E-state index >= 15 is 0 Å². The fourth-order valence-corrected chi connectivity index (χ4v) is 3.49. The third-order valence-electron chi connectivity index (χ3n) is 4.73. The first kappa shape index (κ1) is 18.1. The number of amides is 1. The summed E-state index contributed by atoms with van der Waals surface area (Å²) in [4.78, 5) is 29.2. The Hall–Kier alpha value is -2.73. The van der Waals surface area contributed by atoms with Crippen LogP contribution in [0.15, 0.2) is 42.6 Å². The normalized spacial score (nSPS) is 17.2. The van der Waals surface area contributed by atoms with E-state index in [0.717, 1.165) is 36.2 Å². The first-order chi connectivity index (χ1) is 12.5. The molecule has 1 aliphatic heterocycles. The van der Waals surface area contributed by atoms with E-state index in [1.165, 1.54) is 6.92 Å². The Morgan fingerprint density at radius 1 is 1.31 bits per heavy atom. The van der Waals surface area contributed by atoms with E-state index in [2.05, 4.69) is 15.2 Å². The second-order valence-corrected chi connectivity index (χ2v) is 6.58. The smallest absolute Gasteiger partial charge is 0.336 e. The van der Waals surface area contributed by atoms with Crippen molar-refractivity contribution in [3.8, 4) is 0 Å². The number of carboxylic acid groups (broad SMARTS) is 1. The molecule has 0 bridgehead atoms. The molecule has 26 heavy (non-hydrogen) atoms. The SMILES string of the molecule is CC(=O)NCc1cc(C2CCCN2Cc2ccccc2C(=O)O)ccn1. The Balaban J connectivity index is 1.78. The van der Waals surface area contributed by atoms with Crippen LogP contribution in [-0.2, 0) is 17.9 Å². The first-order valence-electron chi connectivity index (χ1n) is 8.79. The van der Waals surface area contributed by atoms with Crippen molar-refractivity contribution in [1.82, 2.24) is 15.2 Å². The Labute approximate surface area is 152 Å². The molecule has 2 heterocycles. The summed E-state index contributed by atoms with van der Waals surface area (Å²) < 4.78 is 0. The van der Waals surface area contributed by atoms with Crippen LogP contribution in [0.25, 0.3) is 0 Å². The highest BCUT2D eigenvalue weighted by atomic mass is 16.4. The van der Waals surface area contributed by atoms with Gasteiger partial charge in [-0.15, -0.1) is 0 Å². The van der Waals surface area contributed by atoms with Crippen molar-refractivity contribution >= 4 is 11.9 Å². The molecule has 0 aliphatic carbocycles. The summed E-state index contributed by atoms with van der Waals surface area (Å²) >= 11 is 0. The van der Waals surface area contributed by atoms with Gasteiger partial charge >= 0.3 is 5.97 Å². The number of rotatable bonds is 6. The number of likely N-dealkylation sites (tertiary alicyclic amines) is 1. The van der Waals surface area contributed by atoms with E-state index in [9.17, 15) is 14.7 Å². The van der Waals surface area contributed by atoms with Crippen LogP contribution >= 0.6 is 0 Å². The number of hydrogen-bond donors (Lipinski definition) is 2. The van der Waals surface area contributed by atoms with Gasteiger partial charge in [0, 0.05) is 25.7 Å². The number of pyridine rings is 1. The summed E-state index contributed by atoms with van der Waals surface area (Å²) in [6.07, 6.45) is 3.87. The van der Waals surface area contributed by atoms with Gasteiger partial charge in [-0.3, -0.25) is 14.7 Å². The fraction of sp³-hybridized carbons (Fsp3) is 0.350. The van der Waals surface area contributed by atoms with Crippen molar-refractivity contribution in [2.45, 2.75) is 38.9 Å². The maximum atomic E-state index is 11.5. The number of carboxylic acids is 1. The van der Waals surface area contributed by atoms with Gasteiger partial charge in [0.15, 0.2) is 0 Å². The lowest BCUT2D eigenvalue weighted by molar-refractivity contribution is -0.119. The van der Waals surface area contributed by atoms with Gasteiger partial charge in [-0.25, -0.2) is 4.79 Å². The molecule has 1 amide bonds. The zero-order valence-corrected chi connectivity index (χ0v) is 14.8. The predicted octanol–water partition coefficient (Wildman–Crippen LogP) is 2.75. The van der Waals surface area contributed by atoms with Crippen molar-refractivity contribution in [3.05, 3.63) is 65.0 Å². The van der Waals surface area contributed by atoms with Crippen molar-refractivity contribution in [3.63, 3.8) is 0 Å². The minimum Gasteiger partial charge on any atom is -0.478 e. The van der Waals surface area contributed by atoms with Gasteiger partial charge in [0.1, 0.15) is 0 Å². The van der Waals surface area contributed by atoms with Gasteiger partial charge in [-0.05, 0) is 48.7 Å². The molecule has 6 heteroatoms. The molecule has 1 aromatic carbocycles. The predicted molar refractivity (Wildman–Crippen MR) is 97.5 cm³/mol. The van der Waals surface area contributed by atoms with Crippen LogP contribution in [0.5, 0.6) is 0 Å². The molecule has 136 valence electrons. The number of carbonyl (C=O) groups excluding carboxylic acids is 1. The van der Waals surface area contributed by atoms with Crippen LogP contribution in [-0.4, -0.2) is 33.4 Å². The number of aromatic nitrogens is 1. The highest BCUT2D eigenvalue weighted by Crippen LogP contribution is 2.33. The number of aromatic carboxylic acids is 1. The third kappa shape index (κ3) is 4.26. The summed E-state index contributed by atoms with van der Waals surface area (Å²) in [5, 5.41) is 12.2. The summed E-state index contributed by atoms with van der Waals surface area (Å²) in [6, 6.07) is 11.4. The van der Waals surface area contributed by atoms with Crippen LogP contribution in [0.4, 0.5) is 0 Å². The Morgan fingerprint density at radius 2 is 2.12 bits per heavy atom. The van der Waals surface area contributed by atoms with E-state index in [1.54, 1.807) is 18.3 Å². The average Bonchev–Trinajstić information content (AvgIpc) is 3.08. The molecular formula is C20H23N3O3. The lowest BCUT2D eigenvalue weighted by atomic mass is 10.0. The number of nitrogens with zero attached hydrogens (tertiary/aromatic N) is 2. The molecule has 1 unspecified atom stereocenters. The van der Waals surface area contributed by atoms with E-state index in [0.29, 0.717) is 18.7 Å². The molecule has 3 rings (SSSR count). The van der Waals surface area contributed by atoms with Crippen LogP contribution in [0.1, 0.15) is 53.0 Å². The van der Waals surface area contributed by atoms with Gasteiger partial charge in [-0.2, -0.15) is 0 Å². The van der Waals surface area contributed by atoms with Crippen LogP contribution in [0, 0.1) is 0 Å². The first-order valence-corrected chi connectivity index (χ1v) is 8.79. The highest BCUT2D eigenvalue weighted by Gasteiger charge is 2.27. The molecule has 2 aromatic rings. The fourth-order valence-electron chi connectivity index (χ4n) is 3.49. The van der Waals surface area contributed by atoms with E-state index in [4.69, 9.17) is 0 Å². The van der Waals surface area contributed by atoms with Crippen molar-refractivity contribution in [1.29, 1.82) is 0 Å². The molecule has 1 saturated heterocycles. The van der Waals surface area contributed by atoms with E-state index in [1.807, 2.05) is 24.3 Å². The summed E-state index contributed by atoms with van der Waals surface area (Å²) in [5.74, 6) is -0.970. The lowest BCUT2D eigenvalue weighted by Crippen LogP contribution is -2.24. The minimum absolute atomic E-state index is 0.0787. The van der Waals surface area contributed by atoms with Gasteiger partial charge in [0.2, 0.25) is 5.91 Å². The molecular weight excluding hydrogens is 330 g/mol. The molecule has 0 spiro atoms. The summed E-state index contributed by atoms with van der Waals surface area (Å²) in [6.45, 7) is 3.44. The summed E-state index contributed by atoms with van der Waals surface area (Å²) in [7, 11) is 0. The molecule has 0 radical (unpaired) electrons. The maximum absolute atomic E-state index is 11.5. The quantitative estimate of drug-likeness (QED) is 0.834. The van der Waals surface area contributed by atoms with Gasteiger partial charge in [-0.1, -0.05) is 18.2 Å². The topological polar surface area (TPSA) is 82.5 Å². The second-order valence-electron chi connectivity index (χ2n) is 6.58. The molecule has 1 atom stereocenters. The molecule has 0 saturated carbocycles. The number of hydrogen-bond acceptors (Lipinski definition) is 4. The van der Waals surface area contributed by atoms with E-state index < -0.39 is 5.97 Å². The second kappa shape index (κ2) is 8.10. The van der Waals surface area contributed by atoms with Crippen LogP contribution in [0.3, 0.4) is 0 Å². The Kier molecular flexibility index (Phi) is 5.63. The molecule has 6 nitrogen and oxygen atoms in total. The molecule has 1 aliphatic rings. The Morgan fingerprint density at radius 3 is 2.88 bits per heavy atom. The Bertz CT molecular complexity index is 806. The number of carbonyl (C=O) groups is 2. The molecule has 1 fully saturated rings. The van der Waals surface area contributed by atoms with Crippen molar-refractivity contribution in [2.75, 3.05) is 6.54 Å². The zero-order chi connectivity index (χ0) is 18.5. The largest absolute Gasteiger partial charge is 0.478 e. The molecule has 2 N–H and O–H groups in total. The van der Waals surface area contributed by atoms with Crippen LogP contribution < -0.4 is 5.32 Å². The van der Waals surface area contributed by atoms with Crippen molar-refractivity contribution in [2.24, 2.45) is 0 Å². The monoisotopic (exact) mass is 353 g/mol. The van der Waals surface area contributed by atoms with Crippen molar-refractivity contribution < 1.29 is 14.7 Å². The average molecular weight is 353 g/mol. The lowest BCUT2D eigenvalue weighted by Gasteiger charge is -2.25. The minimum atomic E-state index is -0.891. The van der Waals surface area contributed by atoms with Gasteiger partial charge in [0.25, 0.3) is 0 Å². The zero-order valence-electron chi connectivity index (χ0n) is 14.8.